The van der Waals surface area contributed by atoms with Crippen molar-refractivity contribution in [2.45, 2.75) is 65.0 Å². The van der Waals surface area contributed by atoms with Crippen molar-refractivity contribution >= 4 is 0 Å². The predicted octanol–water partition coefficient (Wildman–Crippen LogP) is 6.78. The summed E-state index contributed by atoms with van der Waals surface area (Å²) >= 11 is 0. The molecule has 1 fully saturated rings. The van der Waals surface area contributed by atoms with Crippen molar-refractivity contribution in [1.29, 1.82) is 0 Å². The van der Waals surface area contributed by atoms with Crippen LogP contribution in [0.5, 0.6) is 5.75 Å². The van der Waals surface area contributed by atoms with Gasteiger partial charge < -0.3 is 4.74 Å². The smallest absolute Gasteiger partial charge is 0.127 e. The number of fused-ring (bicyclic) bond motifs is 1. The van der Waals surface area contributed by atoms with Gasteiger partial charge in [0.15, 0.2) is 0 Å². The summed E-state index contributed by atoms with van der Waals surface area (Å²) < 4.78 is 5.93. The van der Waals surface area contributed by atoms with Crippen LogP contribution in [0.2, 0.25) is 0 Å². The Kier molecular flexibility index (Phi) is 6.50. The minimum Gasteiger partial charge on any atom is -0.496 e. The number of nitrogens with zero attached hydrogens (tertiary/aromatic N) is 2. The van der Waals surface area contributed by atoms with E-state index in [-0.39, 0.29) is 0 Å². The van der Waals surface area contributed by atoms with E-state index in [1.807, 2.05) is 0 Å². The number of hydrogen-bond donors (Lipinski definition) is 0. The molecule has 0 radical (unpaired) electrons. The quantitative estimate of drug-likeness (QED) is 0.405. The molecule has 0 bridgehead atoms. The Morgan fingerprint density at radius 1 is 0.970 bits per heavy atom. The number of aromatic nitrogens is 1. The Bertz CT molecular complexity index is 1100. The van der Waals surface area contributed by atoms with Crippen molar-refractivity contribution in [3.05, 3.63) is 82.5 Å². The molecule has 1 unspecified atom stereocenters. The van der Waals surface area contributed by atoms with E-state index in [2.05, 4.69) is 73.5 Å². The van der Waals surface area contributed by atoms with E-state index >= 15 is 0 Å². The van der Waals surface area contributed by atoms with Crippen LogP contribution in [0, 0.1) is 5.92 Å². The highest BCUT2D eigenvalue weighted by Crippen LogP contribution is 2.45. The zero-order valence-corrected chi connectivity index (χ0v) is 20.3. The van der Waals surface area contributed by atoms with Crippen molar-refractivity contribution in [2.75, 3.05) is 13.7 Å². The van der Waals surface area contributed by atoms with Crippen LogP contribution in [-0.4, -0.2) is 23.5 Å². The van der Waals surface area contributed by atoms with Crippen molar-refractivity contribution in [1.82, 2.24) is 9.88 Å². The first kappa shape index (κ1) is 22.2. The number of rotatable bonds is 7. The van der Waals surface area contributed by atoms with E-state index in [9.17, 15) is 0 Å². The highest BCUT2D eigenvalue weighted by Gasteiger charge is 2.36. The van der Waals surface area contributed by atoms with Crippen LogP contribution in [0.4, 0.5) is 0 Å². The topological polar surface area (TPSA) is 25.4 Å². The molecule has 1 atom stereocenters. The third kappa shape index (κ3) is 4.19. The summed E-state index contributed by atoms with van der Waals surface area (Å²) in [5.41, 5.74) is 9.30. The second kappa shape index (κ2) is 9.69. The van der Waals surface area contributed by atoms with Gasteiger partial charge in [-0.3, -0.25) is 9.88 Å². The Morgan fingerprint density at radius 3 is 2.39 bits per heavy atom. The molecule has 2 heterocycles. The first-order chi connectivity index (χ1) is 16.2. The Morgan fingerprint density at radius 2 is 1.73 bits per heavy atom. The van der Waals surface area contributed by atoms with Gasteiger partial charge in [0.1, 0.15) is 5.75 Å². The first-order valence-corrected chi connectivity index (χ1v) is 12.7. The minimum absolute atomic E-state index is 0.514. The van der Waals surface area contributed by atoms with Crippen molar-refractivity contribution < 1.29 is 4.74 Å². The van der Waals surface area contributed by atoms with Crippen LogP contribution in [0.1, 0.15) is 67.0 Å². The fraction of sp³-hybridized carbons (Fsp3) is 0.433. The number of pyridine rings is 1. The molecule has 3 nitrogen and oxygen atoms in total. The summed E-state index contributed by atoms with van der Waals surface area (Å²) in [7, 11) is 1.80. The van der Waals surface area contributed by atoms with Gasteiger partial charge in [-0.15, -0.1) is 0 Å². The van der Waals surface area contributed by atoms with Gasteiger partial charge in [0, 0.05) is 42.5 Å². The summed E-state index contributed by atoms with van der Waals surface area (Å²) in [6.45, 7) is 6.43. The van der Waals surface area contributed by atoms with Crippen LogP contribution in [0.15, 0.2) is 54.7 Å². The summed E-state index contributed by atoms with van der Waals surface area (Å²) in [6, 6.07) is 18.4. The maximum Gasteiger partial charge on any atom is 0.127 e. The third-order valence-corrected chi connectivity index (χ3v) is 7.82. The summed E-state index contributed by atoms with van der Waals surface area (Å²) in [4.78, 5) is 7.67. The molecular weight excluding hydrogens is 404 g/mol. The second-order valence-corrected chi connectivity index (χ2v) is 9.59. The Labute approximate surface area is 198 Å². The minimum atomic E-state index is 0.514. The SMILES string of the molecule is CCc1cccc(CC)c1-c1cc(OC)c(CN2CCc3ccccc3C2C2CCC2)cn1. The molecule has 5 rings (SSSR count). The largest absolute Gasteiger partial charge is 0.496 e. The molecular formula is C30H36N2O. The third-order valence-electron chi connectivity index (χ3n) is 7.82. The van der Waals surface area contributed by atoms with Crippen LogP contribution >= 0.6 is 0 Å². The number of aryl methyl sites for hydroxylation is 2. The fourth-order valence-corrected chi connectivity index (χ4v) is 5.84. The van der Waals surface area contributed by atoms with Crippen molar-refractivity contribution in [3.63, 3.8) is 0 Å². The van der Waals surface area contributed by atoms with Gasteiger partial charge in [-0.05, 0) is 60.3 Å². The van der Waals surface area contributed by atoms with Gasteiger partial charge in [-0.25, -0.2) is 0 Å². The van der Waals surface area contributed by atoms with Gasteiger partial charge >= 0.3 is 0 Å². The lowest BCUT2D eigenvalue weighted by molar-refractivity contribution is 0.0789. The van der Waals surface area contributed by atoms with Gasteiger partial charge in [0.2, 0.25) is 0 Å². The summed E-state index contributed by atoms with van der Waals surface area (Å²) in [6.07, 6.45) is 9.26. The maximum atomic E-state index is 5.93. The number of ether oxygens (including phenoxy) is 1. The van der Waals surface area contributed by atoms with Gasteiger partial charge in [-0.2, -0.15) is 0 Å². The summed E-state index contributed by atoms with van der Waals surface area (Å²) in [5, 5.41) is 0. The molecule has 3 heteroatoms. The van der Waals surface area contributed by atoms with E-state index in [4.69, 9.17) is 9.72 Å². The molecule has 0 spiro atoms. The van der Waals surface area contributed by atoms with Crippen molar-refractivity contribution in [2.24, 2.45) is 5.92 Å². The van der Waals surface area contributed by atoms with Gasteiger partial charge in [0.05, 0.1) is 12.8 Å². The molecule has 1 aliphatic heterocycles. The van der Waals surface area contributed by atoms with E-state index in [0.717, 1.165) is 49.7 Å². The molecule has 3 aromatic rings. The average Bonchev–Trinajstić information content (AvgIpc) is 2.84. The average molecular weight is 441 g/mol. The number of hydrogen-bond acceptors (Lipinski definition) is 3. The highest BCUT2D eigenvalue weighted by atomic mass is 16.5. The Hall–Kier alpha value is -2.65. The Balaban J connectivity index is 1.48. The van der Waals surface area contributed by atoms with E-state index in [1.165, 1.54) is 47.1 Å². The van der Waals surface area contributed by atoms with Crippen LogP contribution in [-0.2, 0) is 25.8 Å². The maximum absolute atomic E-state index is 5.93. The van der Waals surface area contributed by atoms with E-state index in [0.29, 0.717) is 6.04 Å². The van der Waals surface area contributed by atoms with Crippen LogP contribution < -0.4 is 4.74 Å². The molecule has 172 valence electrons. The monoisotopic (exact) mass is 440 g/mol. The first-order valence-electron chi connectivity index (χ1n) is 12.7. The molecule has 33 heavy (non-hydrogen) atoms. The molecule has 0 saturated heterocycles. The fourth-order valence-electron chi connectivity index (χ4n) is 5.84. The van der Waals surface area contributed by atoms with Gasteiger partial charge in [0.25, 0.3) is 0 Å². The molecule has 0 amide bonds. The predicted molar refractivity (Wildman–Crippen MR) is 136 cm³/mol. The highest BCUT2D eigenvalue weighted by molar-refractivity contribution is 5.69. The lowest BCUT2D eigenvalue weighted by Crippen LogP contribution is -2.41. The molecule has 1 saturated carbocycles. The zero-order valence-electron chi connectivity index (χ0n) is 20.3. The van der Waals surface area contributed by atoms with E-state index in [1.54, 1.807) is 12.7 Å². The van der Waals surface area contributed by atoms with Crippen LogP contribution in [0.3, 0.4) is 0 Å². The lowest BCUT2D eigenvalue weighted by Gasteiger charge is -2.45. The molecule has 2 aromatic carbocycles. The molecule has 0 N–H and O–H groups in total. The molecule has 2 aliphatic rings. The molecule has 1 aromatic heterocycles. The zero-order chi connectivity index (χ0) is 22.8. The van der Waals surface area contributed by atoms with Crippen molar-refractivity contribution in [3.8, 4) is 17.0 Å². The van der Waals surface area contributed by atoms with Crippen LogP contribution in [0.25, 0.3) is 11.3 Å². The number of methoxy groups -OCH3 is 1. The number of benzene rings is 2. The van der Waals surface area contributed by atoms with E-state index < -0.39 is 0 Å². The summed E-state index contributed by atoms with van der Waals surface area (Å²) in [5.74, 6) is 1.73. The van der Waals surface area contributed by atoms with Gasteiger partial charge in [-0.1, -0.05) is 62.7 Å². The standard InChI is InChI=1S/C30H36N2O/c1-4-21-11-8-12-22(5-2)29(21)27-18-28(33-3)25(19-31-27)20-32-17-16-23-10-6-7-15-26(23)30(32)24-13-9-14-24/h6-8,10-12,15,18-19,24,30H,4-5,9,13-14,16-17,20H2,1-3H3. The second-order valence-electron chi connectivity index (χ2n) is 9.59. The normalized spacial score (nSPS) is 18.6. The molecule has 1 aliphatic carbocycles. The lowest BCUT2D eigenvalue weighted by atomic mass is 9.74.